The maximum Gasteiger partial charge on any atom is 0.317 e. The molecule has 6 heteroatoms. The van der Waals surface area contributed by atoms with Crippen LogP contribution in [0.1, 0.15) is 12.0 Å². The topological polar surface area (TPSA) is 52.7 Å². The number of anilines is 1. The second-order valence-corrected chi connectivity index (χ2v) is 6.18. The molecule has 1 atom stereocenters. The number of nitrogens with one attached hydrogen (secondary N) is 1. The lowest BCUT2D eigenvalue weighted by molar-refractivity contribution is -0.117. The van der Waals surface area contributed by atoms with Gasteiger partial charge in [-0.3, -0.25) is 4.79 Å². The van der Waals surface area contributed by atoms with Gasteiger partial charge in [-0.1, -0.05) is 36.4 Å². The fraction of sp³-hybridized carbons (Fsp3) is 0.263. The summed E-state index contributed by atoms with van der Waals surface area (Å²) in [6.45, 7) is 0.828. The summed E-state index contributed by atoms with van der Waals surface area (Å²) in [5.74, 6) is -0.512. The third kappa shape index (κ3) is 4.15. The van der Waals surface area contributed by atoms with Crippen molar-refractivity contribution < 1.29 is 14.0 Å². The van der Waals surface area contributed by atoms with Crippen molar-refractivity contribution in [1.29, 1.82) is 0 Å². The summed E-state index contributed by atoms with van der Waals surface area (Å²) in [6, 6.07) is 15.1. The van der Waals surface area contributed by atoms with Crippen molar-refractivity contribution in [2.24, 2.45) is 0 Å². The molecule has 0 bridgehead atoms. The predicted octanol–water partition coefficient (Wildman–Crippen LogP) is 2.77. The molecule has 0 saturated carbocycles. The van der Waals surface area contributed by atoms with Crippen LogP contribution in [-0.2, 0) is 11.3 Å². The summed E-state index contributed by atoms with van der Waals surface area (Å²) in [5.41, 5.74) is 1.54. The van der Waals surface area contributed by atoms with Gasteiger partial charge in [0.25, 0.3) is 0 Å². The molecule has 1 aliphatic rings. The Bertz CT molecular complexity index is 766. The van der Waals surface area contributed by atoms with Crippen LogP contribution in [0.5, 0.6) is 0 Å². The highest BCUT2D eigenvalue weighted by molar-refractivity contribution is 5.96. The third-order valence-electron chi connectivity index (χ3n) is 4.18. The largest absolute Gasteiger partial charge is 0.333 e. The summed E-state index contributed by atoms with van der Waals surface area (Å²) in [4.78, 5) is 27.6. The highest BCUT2D eigenvalue weighted by atomic mass is 19.1. The third-order valence-corrected chi connectivity index (χ3v) is 4.18. The number of carbonyl (C=O) groups excluding carboxylic acids is 2. The molecular formula is C19H20FN3O2. The molecule has 0 spiro atoms. The molecular weight excluding hydrogens is 321 g/mol. The van der Waals surface area contributed by atoms with Gasteiger partial charge in [-0.25, -0.2) is 9.18 Å². The Morgan fingerprint density at radius 2 is 2.00 bits per heavy atom. The van der Waals surface area contributed by atoms with E-state index in [2.05, 4.69) is 5.32 Å². The van der Waals surface area contributed by atoms with Gasteiger partial charge in [0, 0.05) is 32.2 Å². The van der Waals surface area contributed by atoms with Crippen LogP contribution in [0, 0.1) is 5.82 Å². The number of hydrogen-bond acceptors (Lipinski definition) is 2. The summed E-state index contributed by atoms with van der Waals surface area (Å²) in [6.07, 6.45) is 0.210. The maximum atomic E-state index is 13.4. The van der Waals surface area contributed by atoms with Crippen LogP contribution in [0.15, 0.2) is 54.6 Å². The van der Waals surface area contributed by atoms with Crippen LogP contribution in [0.3, 0.4) is 0 Å². The van der Waals surface area contributed by atoms with E-state index in [0.717, 1.165) is 5.56 Å². The number of amides is 3. The van der Waals surface area contributed by atoms with E-state index in [4.69, 9.17) is 0 Å². The number of rotatable bonds is 4. The molecule has 0 unspecified atom stereocenters. The molecule has 0 radical (unpaired) electrons. The molecule has 3 rings (SSSR count). The zero-order valence-corrected chi connectivity index (χ0v) is 14.0. The minimum atomic E-state index is -0.389. The van der Waals surface area contributed by atoms with Gasteiger partial charge in [-0.15, -0.1) is 0 Å². The Morgan fingerprint density at radius 1 is 1.24 bits per heavy atom. The van der Waals surface area contributed by atoms with Crippen LogP contribution in [0.25, 0.3) is 0 Å². The van der Waals surface area contributed by atoms with Crippen molar-refractivity contribution in [2.45, 2.75) is 19.0 Å². The second-order valence-electron chi connectivity index (χ2n) is 6.18. The number of carbonyl (C=O) groups is 2. The van der Waals surface area contributed by atoms with Gasteiger partial charge in [-0.2, -0.15) is 0 Å². The predicted molar refractivity (Wildman–Crippen MR) is 93.6 cm³/mol. The van der Waals surface area contributed by atoms with Crippen molar-refractivity contribution in [3.63, 3.8) is 0 Å². The monoisotopic (exact) mass is 341 g/mol. The lowest BCUT2D eigenvalue weighted by Crippen LogP contribution is -2.43. The molecule has 1 N–H and O–H groups in total. The maximum absolute atomic E-state index is 13.4. The van der Waals surface area contributed by atoms with Gasteiger partial charge in [0.15, 0.2) is 0 Å². The fourth-order valence-electron chi connectivity index (χ4n) is 2.91. The first-order valence-electron chi connectivity index (χ1n) is 8.14. The molecule has 2 aromatic carbocycles. The average molecular weight is 341 g/mol. The lowest BCUT2D eigenvalue weighted by atomic mass is 10.2. The van der Waals surface area contributed by atoms with E-state index in [9.17, 15) is 14.0 Å². The van der Waals surface area contributed by atoms with Crippen LogP contribution in [0.2, 0.25) is 0 Å². The smallest absolute Gasteiger partial charge is 0.317 e. The van der Waals surface area contributed by atoms with Crippen LogP contribution < -0.4 is 10.2 Å². The summed E-state index contributed by atoms with van der Waals surface area (Å²) < 4.78 is 13.4. The van der Waals surface area contributed by atoms with E-state index < -0.39 is 0 Å². The normalized spacial score (nSPS) is 16.8. The average Bonchev–Trinajstić information content (AvgIpc) is 2.96. The first-order valence-corrected chi connectivity index (χ1v) is 8.14. The van der Waals surface area contributed by atoms with Crippen molar-refractivity contribution in [2.75, 3.05) is 18.5 Å². The van der Waals surface area contributed by atoms with E-state index in [1.54, 1.807) is 24.1 Å². The van der Waals surface area contributed by atoms with Gasteiger partial charge in [0.2, 0.25) is 5.91 Å². The minimum Gasteiger partial charge on any atom is -0.333 e. The second kappa shape index (κ2) is 7.34. The van der Waals surface area contributed by atoms with Crippen LogP contribution in [-0.4, -0.2) is 36.5 Å². The summed E-state index contributed by atoms with van der Waals surface area (Å²) >= 11 is 0. The number of halogens is 1. The number of hydrogen-bond donors (Lipinski definition) is 1. The van der Waals surface area contributed by atoms with E-state index >= 15 is 0 Å². The van der Waals surface area contributed by atoms with Crippen molar-refractivity contribution in [3.05, 3.63) is 66.0 Å². The molecule has 0 aromatic heterocycles. The molecule has 1 aliphatic heterocycles. The van der Waals surface area contributed by atoms with E-state index in [-0.39, 0.29) is 30.2 Å². The standard InChI is InChI=1S/C19H20FN3O2/c1-22(12-14-6-3-2-4-7-14)19(25)21-16-11-18(24)23(13-16)17-9-5-8-15(20)10-17/h2-10,16H,11-13H2,1H3,(H,21,25)/t16-/m1/s1. The SMILES string of the molecule is CN(Cc1ccccc1)C(=O)N[C@@H]1CC(=O)N(c2cccc(F)c2)C1. The first-order chi connectivity index (χ1) is 12.0. The van der Waals surface area contributed by atoms with Crippen molar-refractivity contribution in [1.82, 2.24) is 10.2 Å². The molecule has 3 amide bonds. The highest BCUT2D eigenvalue weighted by Gasteiger charge is 2.32. The Balaban J connectivity index is 1.58. The van der Waals surface area contributed by atoms with Gasteiger partial charge in [0.05, 0.1) is 6.04 Å². The molecule has 5 nitrogen and oxygen atoms in total. The molecule has 2 aromatic rings. The zero-order valence-electron chi connectivity index (χ0n) is 14.0. The lowest BCUT2D eigenvalue weighted by Gasteiger charge is -2.21. The Labute approximate surface area is 146 Å². The Hall–Kier alpha value is -2.89. The minimum absolute atomic E-state index is 0.124. The van der Waals surface area contributed by atoms with Gasteiger partial charge in [0.1, 0.15) is 5.82 Å². The highest BCUT2D eigenvalue weighted by Crippen LogP contribution is 2.22. The molecule has 130 valence electrons. The van der Waals surface area contributed by atoms with E-state index in [1.807, 2.05) is 30.3 Å². The molecule has 1 saturated heterocycles. The quantitative estimate of drug-likeness (QED) is 0.930. The Kier molecular flexibility index (Phi) is 4.97. The number of benzene rings is 2. The summed E-state index contributed by atoms with van der Waals surface area (Å²) in [5, 5.41) is 2.87. The van der Waals surface area contributed by atoms with Gasteiger partial charge in [-0.05, 0) is 23.8 Å². The summed E-state index contributed by atoms with van der Waals surface area (Å²) in [7, 11) is 1.71. The van der Waals surface area contributed by atoms with E-state index in [0.29, 0.717) is 18.8 Å². The molecule has 1 fully saturated rings. The van der Waals surface area contributed by atoms with E-state index in [1.165, 1.54) is 17.0 Å². The van der Waals surface area contributed by atoms with Gasteiger partial charge < -0.3 is 15.1 Å². The zero-order chi connectivity index (χ0) is 17.8. The van der Waals surface area contributed by atoms with Crippen molar-refractivity contribution in [3.8, 4) is 0 Å². The number of urea groups is 1. The fourth-order valence-corrected chi connectivity index (χ4v) is 2.91. The molecule has 25 heavy (non-hydrogen) atoms. The van der Waals surface area contributed by atoms with Crippen LogP contribution in [0.4, 0.5) is 14.9 Å². The molecule has 0 aliphatic carbocycles. The van der Waals surface area contributed by atoms with Gasteiger partial charge >= 0.3 is 6.03 Å². The van der Waals surface area contributed by atoms with Crippen molar-refractivity contribution >= 4 is 17.6 Å². The molecule has 1 heterocycles. The van der Waals surface area contributed by atoms with Crippen LogP contribution >= 0.6 is 0 Å². The number of nitrogens with zero attached hydrogens (tertiary/aromatic N) is 2. The first kappa shape index (κ1) is 17.0. The Morgan fingerprint density at radius 3 is 2.72 bits per heavy atom.